The molecule has 0 spiro atoms. The molecular weight excluding hydrogens is 665 g/mol. The SMILES string of the molecule is NCC1CCC(NC(=O)C23CC4CC(C2)CC(c2ccc(C5C6CC7(C(=O)NC8CCC(CN)CC8)CC5CC(c5ccccc5)(C6)C7)cc2)(C4)C3)CC1. The molecule has 10 aliphatic rings. The van der Waals surface area contributed by atoms with Crippen LogP contribution in [0.4, 0.5) is 0 Å². The lowest BCUT2D eigenvalue weighted by molar-refractivity contribution is -0.153. The fraction of sp³-hybridized carbons (Fsp3) is 0.708. The Morgan fingerprint density at radius 1 is 0.556 bits per heavy atom. The first-order chi connectivity index (χ1) is 26.2. The van der Waals surface area contributed by atoms with Gasteiger partial charge in [0.2, 0.25) is 11.8 Å². The fourth-order valence-electron chi connectivity index (χ4n) is 15.8. The van der Waals surface area contributed by atoms with E-state index < -0.39 is 0 Å². The molecule has 2 amide bonds. The Hall–Kier alpha value is -2.70. The van der Waals surface area contributed by atoms with Gasteiger partial charge < -0.3 is 22.1 Å². The van der Waals surface area contributed by atoms with Crippen molar-refractivity contribution in [2.45, 2.75) is 151 Å². The van der Waals surface area contributed by atoms with E-state index in [2.05, 4.69) is 65.2 Å². The van der Waals surface area contributed by atoms with E-state index in [-0.39, 0.29) is 21.7 Å². The number of rotatable bonds is 9. The van der Waals surface area contributed by atoms with Gasteiger partial charge in [0.1, 0.15) is 0 Å². The third kappa shape index (κ3) is 5.93. The first-order valence-electron chi connectivity index (χ1n) is 22.4. The molecule has 2 aromatic rings. The third-order valence-electron chi connectivity index (χ3n) is 17.7. The first-order valence-corrected chi connectivity index (χ1v) is 22.4. The van der Waals surface area contributed by atoms with Gasteiger partial charge in [0.05, 0.1) is 10.8 Å². The van der Waals surface area contributed by atoms with E-state index >= 15 is 0 Å². The van der Waals surface area contributed by atoms with Gasteiger partial charge >= 0.3 is 0 Å². The quantitative estimate of drug-likeness (QED) is 0.210. The third-order valence-corrected chi connectivity index (χ3v) is 17.7. The van der Waals surface area contributed by atoms with Crippen molar-refractivity contribution in [3.8, 4) is 0 Å². The van der Waals surface area contributed by atoms with Crippen molar-refractivity contribution < 1.29 is 9.59 Å². The van der Waals surface area contributed by atoms with Crippen molar-refractivity contribution in [2.24, 2.45) is 57.8 Å². The number of carbonyl (C=O) groups is 2. The molecule has 0 aromatic heterocycles. The van der Waals surface area contributed by atoms with Crippen LogP contribution < -0.4 is 22.1 Å². The predicted octanol–water partition coefficient (Wildman–Crippen LogP) is 8.02. The predicted molar refractivity (Wildman–Crippen MR) is 214 cm³/mol. The highest BCUT2D eigenvalue weighted by atomic mass is 16.2. The summed E-state index contributed by atoms with van der Waals surface area (Å²) < 4.78 is 0. The Kier molecular flexibility index (Phi) is 8.90. The van der Waals surface area contributed by atoms with Gasteiger partial charge in [0.15, 0.2) is 0 Å². The molecule has 8 bridgehead atoms. The van der Waals surface area contributed by atoms with Gasteiger partial charge in [0.25, 0.3) is 0 Å². The van der Waals surface area contributed by atoms with Crippen LogP contribution in [0.3, 0.4) is 0 Å². The molecule has 0 radical (unpaired) electrons. The minimum Gasteiger partial charge on any atom is -0.353 e. The average Bonchev–Trinajstić information content (AvgIpc) is 3.18. The molecule has 290 valence electrons. The molecule has 6 nitrogen and oxygen atoms in total. The maximum Gasteiger partial charge on any atom is 0.226 e. The van der Waals surface area contributed by atoms with Crippen LogP contribution in [0.2, 0.25) is 0 Å². The van der Waals surface area contributed by atoms with E-state index in [1.807, 2.05) is 0 Å². The zero-order valence-corrected chi connectivity index (χ0v) is 32.7. The summed E-state index contributed by atoms with van der Waals surface area (Å²) in [6.07, 6.45) is 21.3. The number of hydrogen-bond donors (Lipinski definition) is 4. The van der Waals surface area contributed by atoms with Crippen molar-refractivity contribution in [2.75, 3.05) is 13.1 Å². The second-order valence-corrected chi connectivity index (χ2v) is 21.0. The van der Waals surface area contributed by atoms with E-state index in [1.54, 1.807) is 0 Å². The molecule has 2 aromatic carbocycles. The van der Waals surface area contributed by atoms with Gasteiger partial charge in [-0.05, 0) is 204 Å². The number of amides is 2. The van der Waals surface area contributed by atoms with E-state index in [1.165, 1.54) is 48.8 Å². The summed E-state index contributed by atoms with van der Waals surface area (Å²) in [5, 5.41) is 7.25. The van der Waals surface area contributed by atoms with Crippen LogP contribution in [-0.4, -0.2) is 37.0 Å². The van der Waals surface area contributed by atoms with Crippen molar-refractivity contribution >= 4 is 11.8 Å². The Morgan fingerprint density at radius 3 is 1.52 bits per heavy atom. The minimum atomic E-state index is -0.263. The second kappa shape index (κ2) is 13.5. The standard InChI is InChI=1S/C48H66N4O2/c49-27-31-6-14-40(15-7-31)51-43(53)47-21-33-18-34(22-47)20-45(19-33,29-47)39-12-10-35(11-13-39)42-36-23-46(38-4-2-1-3-5-38)24-37(42)26-48(25-36,30-46)44(54)52-41-16-8-32(28-50)9-17-41/h1-5,10-13,31-34,36-37,40-42H,6-9,14-30,49-50H2,(H,51,53)(H,52,54). The largest absolute Gasteiger partial charge is 0.353 e. The molecule has 4 unspecified atom stereocenters. The number of hydrogen-bond acceptors (Lipinski definition) is 4. The summed E-state index contributed by atoms with van der Waals surface area (Å²) in [6.45, 7) is 1.55. The lowest BCUT2D eigenvalue weighted by Crippen LogP contribution is -2.62. The summed E-state index contributed by atoms with van der Waals surface area (Å²) in [5.41, 5.74) is 16.2. The number of nitrogens with two attached hydrogens (primary N) is 2. The van der Waals surface area contributed by atoms with E-state index in [9.17, 15) is 9.59 Å². The molecule has 0 saturated heterocycles. The maximum atomic E-state index is 14.5. The average molecular weight is 731 g/mol. The molecular formula is C48H66N4O2. The van der Waals surface area contributed by atoms with Crippen LogP contribution in [0.1, 0.15) is 145 Å². The fourth-order valence-corrected chi connectivity index (χ4v) is 15.8. The van der Waals surface area contributed by atoms with Crippen LogP contribution in [-0.2, 0) is 20.4 Å². The van der Waals surface area contributed by atoms with Gasteiger partial charge in [-0.25, -0.2) is 0 Å². The van der Waals surface area contributed by atoms with Gasteiger partial charge in [-0.3, -0.25) is 9.59 Å². The Labute approximate surface area is 324 Å². The Morgan fingerprint density at radius 2 is 1.02 bits per heavy atom. The molecule has 10 saturated carbocycles. The van der Waals surface area contributed by atoms with Gasteiger partial charge in [-0.15, -0.1) is 0 Å². The molecule has 4 atom stereocenters. The first kappa shape index (κ1) is 35.7. The molecule has 0 heterocycles. The zero-order chi connectivity index (χ0) is 36.7. The highest BCUT2D eigenvalue weighted by molar-refractivity contribution is 5.84. The van der Waals surface area contributed by atoms with E-state index in [0.29, 0.717) is 65.3 Å². The molecule has 10 fully saturated rings. The van der Waals surface area contributed by atoms with Gasteiger partial charge in [-0.2, -0.15) is 0 Å². The van der Waals surface area contributed by atoms with Crippen LogP contribution in [0.15, 0.2) is 54.6 Å². The van der Waals surface area contributed by atoms with Crippen molar-refractivity contribution in [3.05, 3.63) is 71.3 Å². The lowest BCUT2D eigenvalue weighted by Gasteiger charge is -2.64. The zero-order valence-electron chi connectivity index (χ0n) is 32.7. The Balaban J connectivity index is 0.886. The Bertz CT molecular complexity index is 1680. The highest BCUT2D eigenvalue weighted by Gasteiger charge is 2.65. The lowest BCUT2D eigenvalue weighted by atomic mass is 9.39. The monoisotopic (exact) mass is 731 g/mol. The molecule has 54 heavy (non-hydrogen) atoms. The minimum absolute atomic E-state index is 0.0932. The van der Waals surface area contributed by atoms with Crippen LogP contribution >= 0.6 is 0 Å². The summed E-state index contributed by atoms with van der Waals surface area (Å²) >= 11 is 0. The van der Waals surface area contributed by atoms with Gasteiger partial charge in [0, 0.05) is 12.1 Å². The van der Waals surface area contributed by atoms with Crippen molar-refractivity contribution in [1.82, 2.24) is 10.6 Å². The normalized spacial score (nSPS) is 44.6. The maximum absolute atomic E-state index is 14.5. The number of benzene rings is 2. The number of nitrogens with one attached hydrogen (secondary N) is 2. The number of carbonyl (C=O) groups excluding carboxylic acids is 2. The van der Waals surface area contributed by atoms with Crippen molar-refractivity contribution in [1.29, 1.82) is 0 Å². The van der Waals surface area contributed by atoms with Gasteiger partial charge in [-0.1, -0.05) is 54.6 Å². The van der Waals surface area contributed by atoms with Crippen LogP contribution in [0, 0.1) is 46.3 Å². The molecule has 12 rings (SSSR count). The summed E-state index contributed by atoms with van der Waals surface area (Å²) in [5.74, 6) is 4.85. The molecule has 6 N–H and O–H groups in total. The summed E-state index contributed by atoms with van der Waals surface area (Å²) in [4.78, 5) is 28.8. The highest BCUT2D eigenvalue weighted by Crippen LogP contribution is 2.70. The second-order valence-electron chi connectivity index (χ2n) is 21.0. The smallest absolute Gasteiger partial charge is 0.226 e. The van der Waals surface area contributed by atoms with E-state index in [4.69, 9.17) is 11.5 Å². The van der Waals surface area contributed by atoms with Crippen LogP contribution in [0.5, 0.6) is 0 Å². The van der Waals surface area contributed by atoms with Crippen LogP contribution in [0.25, 0.3) is 0 Å². The molecule has 6 heteroatoms. The van der Waals surface area contributed by atoms with E-state index in [0.717, 1.165) is 103 Å². The molecule has 10 aliphatic carbocycles. The molecule has 0 aliphatic heterocycles. The topological polar surface area (TPSA) is 110 Å². The summed E-state index contributed by atoms with van der Waals surface area (Å²) in [6, 6.07) is 21.9. The summed E-state index contributed by atoms with van der Waals surface area (Å²) in [7, 11) is 0. The van der Waals surface area contributed by atoms with Crippen molar-refractivity contribution in [3.63, 3.8) is 0 Å².